The molecule has 0 N–H and O–H groups in total. The van der Waals surface area contributed by atoms with Crippen molar-refractivity contribution >= 4 is 55.3 Å². The van der Waals surface area contributed by atoms with Gasteiger partial charge >= 0.3 is 0 Å². The van der Waals surface area contributed by atoms with Gasteiger partial charge in [-0.1, -0.05) is 135 Å². The number of hydrogen-bond donors (Lipinski definition) is 0. The van der Waals surface area contributed by atoms with Crippen LogP contribution in [-0.4, -0.2) is 6.04 Å². The molecule has 0 radical (unpaired) electrons. The van der Waals surface area contributed by atoms with E-state index in [-0.39, 0.29) is 11.5 Å². The monoisotopic (exact) mass is 701 g/mol. The highest BCUT2D eigenvalue weighted by Crippen LogP contribution is 2.53. The Morgan fingerprint density at radius 1 is 0.556 bits per heavy atom. The Morgan fingerprint density at radius 2 is 1.30 bits per heavy atom. The van der Waals surface area contributed by atoms with E-state index < -0.39 is 0 Å². The third kappa shape index (κ3) is 4.73. The summed E-state index contributed by atoms with van der Waals surface area (Å²) < 4.78 is 13.6. The molecular formula is C51H43NO2. The maximum Gasteiger partial charge on any atom is 0.159 e. The van der Waals surface area contributed by atoms with Crippen molar-refractivity contribution in [1.29, 1.82) is 0 Å². The van der Waals surface area contributed by atoms with Crippen LogP contribution < -0.4 is 4.90 Å². The van der Waals surface area contributed by atoms with Gasteiger partial charge in [0.15, 0.2) is 5.58 Å². The second kappa shape index (κ2) is 12.1. The molecule has 3 aliphatic carbocycles. The Bertz CT molecular complexity index is 2810. The van der Waals surface area contributed by atoms with Crippen LogP contribution in [0.25, 0.3) is 66.1 Å². The van der Waals surface area contributed by atoms with Crippen molar-refractivity contribution in [2.75, 3.05) is 4.90 Å². The number of allylic oxidation sites excluding steroid dienone is 3. The Labute approximate surface area is 316 Å². The van der Waals surface area contributed by atoms with Crippen LogP contribution in [0.5, 0.6) is 0 Å². The first-order valence-electron chi connectivity index (χ1n) is 19.8. The molecule has 0 fully saturated rings. The zero-order valence-corrected chi connectivity index (χ0v) is 30.9. The Balaban J connectivity index is 1.06. The lowest BCUT2D eigenvalue weighted by Crippen LogP contribution is -2.33. The molecule has 0 saturated carbocycles. The van der Waals surface area contributed by atoms with Crippen LogP contribution in [0.15, 0.2) is 154 Å². The highest BCUT2D eigenvalue weighted by atomic mass is 16.3. The SMILES string of the molecule is CC1(C)c2ccccc2-c2c1ccc1c2oc2c(N(c3ccc(-c4cccc5c4oc4ccccc45)cc3)C3C=CC(C4C=CCCC4)CC3)cccc21. The van der Waals surface area contributed by atoms with Crippen LogP contribution in [-0.2, 0) is 5.41 Å². The summed E-state index contributed by atoms with van der Waals surface area (Å²) in [6.45, 7) is 4.67. The number of fused-ring (bicyclic) bond motifs is 10. The molecule has 3 heteroatoms. The molecule has 264 valence electrons. The average molecular weight is 702 g/mol. The fourth-order valence-electron chi connectivity index (χ4n) is 10.1. The molecule has 3 aliphatic rings. The van der Waals surface area contributed by atoms with Gasteiger partial charge in [0.2, 0.25) is 0 Å². The number of rotatable bonds is 5. The first-order valence-corrected chi connectivity index (χ1v) is 19.8. The van der Waals surface area contributed by atoms with E-state index >= 15 is 0 Å². The molecule has 2 aromatic heterocycles. The molecule has 0 spiro atoms. The Hall–Kier alpha value is -5.80. The highest BCUT2D eigenvalue weighted by Gasteiger charge is 2.38. The smallest absolute Gasteiger partial charge is 0.159 e. The summed E-state index contributed by atoms with van der Waals surface area (Å²) in [5.74, 6) is 1.25. The van der Waals surface area contributed by atoms with Crippen LogP contribution in [0.2, 0.25) is 0 Å². The lowest BCUT2D eigenvalue weighted by molar-refractivity contribution is 0.372. The molecule has 3 unspecified atom stereocenters. The standard InChI is InChI=1S/C51H43NO2/c1-51(2)43-19-8-6-15-42(43)47-44(51)31-30-41-40-18-11-20-45(49(40)54-50(41)47)52(35-26-22-33(23-27-35)32-12-4-3-5-13-32)36-28-24-34(25-29-36)37-16-10-17-39-38-14-7-9-21-46(38)53-48(37)39/h4,6-12,14-22,24-26,28-33,35H,3,5,13,23,27H2,1-2H3. The van der Waals surface area contributed by atoms with E-state index in [0.29, 0.717) is 11.8 Å². The van der Waals surface area contributed by atoms with Crippen molar-refractivity contribution in [1.82, 2.24) is 0 Å². The minimum Gasteiger partial charge on any atom is -0.455 e. The Kier molecular flexibility index (Phi) is 7.11. The van der Waals surface area contributed by atoms with Gasteiger partial charge in [0.25, 0.3) is 0 Å². The van der Waals surface area contributed by atoms with Gasteiger partial charge in [-0.05, 0) is 90.5 Å². The fraction of sp³-hybridized carbons (Fsp3) is 0.216. The van der Waals surface area contributed by atoms with E-state index in [0.717, 1.165) is 67.4 Å². The lowest BCUT2D eigenvalue weighted by atomic mass is 9.78. The quantitative estimate of drug-likeness (QED) is 0.167. The first kappa shape index (κ1) is 31.7. The van der Waals surface area contributed by atoms with Gasteiger partial charge in [-0.3, -0.25) is 0 Å². The number of para-hydroxylation sites is 3. The summed E-state index contributed by atoms with van der Waals surface area (Å²) in [5.41, 5.74) is 13.5. The number of furan rings is 2. The molecule has 0 bridgehead atoms. The predicted octanol–water partition coefficient (Wildman–Crippen LogP) is 14.3. The van der Waals surface area contributed by atoms with Crippen molar-refractivity contribution in [3.05, 3.63) is 157 Å². The zero-order valence-electron chi connectivity index (χ0n) is 30.9. The first-order chi connectivity index (χ1) is 26.5. The minimum atomic E-state index is -0.0840. The molecular weight excluding hydrogens is 659 g/mol. The number of nitrogens with zero attached hydrogens (tertiary/aromatic N) is 1. The van der Waals surface area contributed by atoms with Crippen molar-refractivity contribution in [2.45, 2.75) is 57.4 Å². The fourth-order valence-corrected chi connectivity index (χ4v) is 10.1. The van der Waals surface area contributed by atoms with E-state index in [9.17, 15) is 0 Å². The normalized spacial score (nSPS) is 20.2. The second-order valence-corrected chi connectivity index (χ2v) is 16.2. The van der Waals surface area contributed by atoms with Crippen LogP contribution in [0.4, 0.5) is 11.4 Å². The van der Waals surface area contributed by atoms with E-state index in [1.165, 1.54) is 53.3 Å². The van der Waals surface area contributed by atoms with E-state index in [1.54, 1.807) is 0 Å². The highest BCUT2D eigenvalue weighted by molar-refractivity contribution is 6.15. The van der Waals surface area contributed by atoms with E-state index in [1.807, 2.05) is 6.07 Å². The summed E-state index contributed by atoms with van der Waals surface area (Å²) in [5, 5.41) is 4.64. The predicted molar refractivity (Wildman–Crippen MR) is 225 cm³/mol. The van der Waals surface area contributed by atoms with E-state index in [4.69, 9.17) is 8.83 Å². The van der Waals surface area contributed by atoms with Crippen molar-refractivity contribution in [3.8, 4) is 22.3 Å². The zero-order chi connectivity index (χ0) is 36.0. The topological polar surface area (TPSA) is 29.5 Å². The molecule has 0 aliphatic heterocycles. The van der Waals surface area contributed by atoms with Crippen LogP contribution in [0.1, 0.15) is 57.1 Å². The molecule has 3 nitrogen and oxygen atoms in total. The van der Waals surface area contributed by atoms with Gasteiger partial charge in [-0.25, -0.2) is 0 Å². The summed E-state index contributed by atoms with van der Waals surface area (Å²) in [7, 11) is 0. The Morgan fingerprint density at radius 3 is 2.13 bits per heavy atom. The lowest BCUT2D eigenvalue weighted by Gasteiger charge is -2.37. The average Bonchev–Trinajstić information content (AvgIpc) is 3.87. The molecule has 6 aromatic carbocycles. The summed E-state index contributed by atoms with van der Waals surface area (Å²) in [6, 6.07) is 44.3. The third-order valence-electron chi connectivity index (χ3n) is 12.9. The second-order valence-electron chi connectivity index (χ2n) is 16.2. The molecule has 3 atom stereocenters. The van der Waals surface area contributed by atoms with Crippen LogP contribution in [0, 0.1) is 11.8 Å². The van der Waals surface area contributed by atoms with Gasteiger partial charge in [0, 0.05) is 43.8 Å². The number of benzene rings is 6. The molecule has 2 heterocycles. The molecule has 8 aromatic rings. The van der Waals surface area contributed by atoms with Crippen LogP contribution in [0.3, 0.4) is 0 Å². The third-order valence-corrected chi connectivity index (χ3v) is 12.9. The van der Waals surface area contributed by atoms with Gasteiger partial charge < -0.3 is 13.7 Å². The van der Waals surface area contributed by atoms with E-state index in [2.05, 4.69) is 158 Å². The van der Waals surface area contributed by atoms with Crippen molar-refractivity contribution in [2.24, 2.45) is 11.8 Å². The summed E-state index contributed by atoms with van der Waals surface area (Å²) >= 11 is 0. The maximum atomic E-state index is 7.17. The minimum absolute atomic E-state index is 0.0840. The van der Waals surface area contributed by atoms with Crippen molar-refractivity contribution in [3.63, 3.8) is 0 Å². The van der Waals surface area contributed by atoms with Gasteiger partial charge in [-0.2, -0.15) is 0 Å². The number of anilines is 2. The van der Waals surface area contributed by atoms with Crippen molar-refractivity contribution < 1.29 is 8.83 Å². The van der Waals surface area contributed by atoms with Gasteiger partial charge in [-0.15, -0.1) is 0 Å². The molecule has 11 rings (SSSR count). The molecule has 0 amide bonds. The summed E-state index contributed by atoms with van der Waals surface area (Å²) in [6.07, 6.45) is 15.9. The summed E-state index contributed by atoms with van der Waals surface area (Å²) in [4.78, 5) is 2.54. The van der Waals surface area contributed by atoms with Gasteiger partial charge in [0.1, 0.15) is 16.7 Å². The molecule has 0 saturated heterocycles. The van der Waals surface area contributed by atoms with Crippen LogP contribution >= 0.6 is 0 Å². The molecule has 54 heavy (non-hydrogen) atoms. The maximum absolute atomic E-state index is 7.17. The largest absolute Gasteiger partial charge is 0.455 e. The van der Waals surface area contributed by atoms with Gasteiger partial charge in [0.05, 0.1) is 11.7 Å². The number of hydrogen-bond acceptors (Lipinski definition) is 3.